The van der Waals surface area contributed by atoms with Crippen molar-refractivity contribution in [1.29, 1.82) is 0 Å². The molecule has 0 fully saturated rings. The van der Waals surface area contributed by atoms with E-state index in [1.165, 1.54) is 12.6 Å². The van der Waals surface area contributed by atoms with Gasteiger partial charge in [0.25, 0.3) is 6.29 Å². The van der Waals surface area contributed by atoms with Crippen LogP contribution in [0.3, 0.4) is 0 Å². The van der Waals surface area contributed by atoms with Gasteiger partial charge in [-0.3, -0.25) is 0 Å². The van der Waals surface area contributed by atoms with Gasteiger partial charge >= 0.3 is 0 Å². The third-order valence-corrected chi connectivity index (χ3v) is 5.84. The highest BCUT2D eigenvalue weighted by atomic mass is 32.2. The summed E-state index contributed by atoms with van der Waals surface area (Å²) in [6, 6.07) is 7.28. The fourth-order valence-corrected chi connectivity index (χ4v) is 4.10. The Balaban J connectivity index is 1.61. The molecule has 12 heteroatoms. The first kappa shape index (κ1) is 20.0. The van der Waals surface area contributed by atoms with Crippen LogP contribution in [-0.2, 0) is 26.0 Å². The van der Waals surface area contributed by atoms with Gasteiger partial charge in [0.05, 0.1) is 5.75 Å². The second-order valence-electron chi connectivity index (χ2n) is 6.20. The predicted molar refractivity (Wildman–Crippen MR) is 111 cm³/mol. The molecule has 1 aliphatic heterocycles. The first-order chi connectivity index (χ1) is 14.4. The molecule has 0 spiro atoms. The molecule has 1 aliphatic rings. The predicted octanol–water partition coefficient (Wildman–Crippen LogP) is 1.31. The maximum atomic E-state index is 11.5. The minimum Gasteiger partial charge on any atom is -0.454 e. The average Bonchev–Trinajstić information content (AvgIpc) is 3.31. The zero-order valence-electron chi connectivity index (χ0n) is 15.4. The molecule has 0 radical (unpaired) electrons. The third kappa shape index (κ3) is 4.04. The number of imidazole rings is 1. The molecule has 1 aromatic carbocycles. The van der Waals surface area contributed by atoms with Gasteiger partial charge in [0, 0.05) is 17.7 Å². The Labute approximate surface area is 176 Å². The van der Waals surface area contributed by atoms with Crippen molar-refractivity contribution in [3.05, 3.63) is 53.1 Å². The molecule has 154 valence electrons. The number of benzene rings is 1. The number of primary sulfonamides is 1. The van der Waals surface area contributed by atoms with E-state index in [-0.39, 0.29) is 18.1 Å². The van der Waals surface area contributed by atoms with E-state index < -0.39 is 16.3 Å². The summed E-state index contributed by atoms with van der Waals surface area (Å²) in [5.74, 6) is 2.47. The summed E-state index contributed by atoms with van der Waals surface area (Å²) < 4.78 is 36.0. The normalized spacial score (nSPS) is 16.0. The molecule has 0 saturated heterocycles. The summed E-state index contributed by atoms with van der Waals surface area (Å²) in [7, 11) is -3.70. The van der Waals surface area contributed by atoms with Gasteiger partial charge in [-0.2, -0.15) is 0 Å². The standard InChI is InChI=1S/C18H16N6O4S2/c1-2-11-5-3-4-6-12(11)17-27-9-13(28-17)29-18-23-14-15(19)21-10-22-16(14)24(18)7-8-30(20,25)26/h1,3-6,9-10,17H,7-8H2,(H2,19,21,22)(H2,20,25,26). The molecule has 30 heavy (non-hydrogen) atoms. The van der Waals surface area contributed by atoms with Crippen LogP contribution in [-0.4, -0.2) is 33.7 Å². The number of nitrogen functional groups attached to an aromatic ring is 1. The summed E-state index contributed by atoms with van der Waals surface area (Å²) in [5.41, 5.74) is 8.00. The van der Waals surface area contributed by atoms with Crippen LogP contribution in [0.4, 0.5) is 5.82 Å². The summed E-state index contributed by atoms with van der Waals surface area (Å²) >= 11 is 1.13. The van der Waals surface area contributed by atoms with Crippen LogP contribution in [0, 0.1) is 12.3 Å². The van der Waals surface area contributed by atoms with E-state index in [1.807, 2.05) is 18.2 Å². The Morgan fingerprint density at radius 2 is 2.10 bits per heavy atom. The van der Waals surface area contributed by atoms with Crippen LogP contribution in [0.5, 0.6) is 0 Å². The SMILES string of the molecule is C#Cc1ccccc1C1OC=C(Sc2nc3c(N)ncnc3n2CCS(N)(=O)=O)O1. The van der Waals surface area contributed by atoms with Crippen LogP contribution in [0.1, 0.15) is 17.4 Å². The van der Waals surface area contributed by atoms with E-state index in [4.69, 9.17) is 26.8 Å². The second-order valence-corrected chi connectivity index (χ2v) is 8.91. The van der Waals surface area contributed by atoms with Crippen LogP contribution >= 0.6 is 11.8 Å². The van der Waals surface area contributed by atoms with E-state index in [2.05, 4.69) is 20.9 Å². The number of terminal acetylenes is 1. The maximum absolute atomic E-state index is 11.5. The van der Waals surface area contributed by atoms with Crippen molar-refractivity contribution in [3.8, 4) is 12.3 Å². The largest absolute Gasteiger partial charge is 0.454 e. The smallest absolute Gasteiger partial charge is 0.269 e. The van der Waals surface area contributed by atoms with Gasteiger partial charge < -0.3 is 19.8 Å². The monoisotopic (exact) mass is 444 g/mol. The van der Waals surface area contributed by atoms with Gasteiger partial charge in [0.1, 0.15) is 12.6 Å². The molecule has 4 N–H and O–H groups in total. The van der Waals surface area contributed by atoms with E-state index >= 15 is 0 Å². The van der Waals surface area contributed by atoms with Gasteiger partial charge in [-0.1, -0.05) is 24.1 Å². The van der Waals surface area contributed by atoms with Crippen LogP contribution in [0.25, 0.3) is 11.2 Å². The highest BCUT2D eigenvalue weighted by Crippen LogP contribution is 2.39. The lowest BCUT2D eigenvalue weighted by atomic mass is 10.1. The van der Waals surface area contributed by atoms with Crippen molar-refractivity contribution in [2.24, 2.45) is 5.14 Å². The van der Waals surface area contributed by atoms with Gasteiger partial charge in [0.2, 0.25) is 15.1 Å². The number of nitrogens with two attached hydrogens (primary N) is 2. The molecule has 0 aliphatic carbocycles. The molecule has 4 rings (SSSR count). The van der Waals surface area contributed by atoms with Crippen molar-refractivity contribution in [3.63, 3.8) is 0 Å². The Morgan fingerprint density at radius 3 is 2.87 bits per heavy atom. The molecular formula is C18H16N6O4S2. The number of thioether (sulfide) groups is 1. The quantitative estimate of drug-likeness (QED) is 0.537. The molecule has 0 amide bonds. The lowest BCUT2D eigenvalue weighted by Crippen LogP contribution is -2.20. The highest BCUT2D eigenvalue weighted by molar-refractivity contribution is 8.02. The summed E-state index contributed by atoms with van der Waals surface area (Å²) in [5, 5.41) is 5.96. The lowest BCUT2D eigenvalue weighted by Gasteiger charge is -2.13. The zero-order valence-corrected chi connectivity index (χ0v) is 17.1. The van der Waals surface area contributed by atoms with E-state index in [9.17, 15) is 8.42 Å². The first-order valence-corrected chi connectivity index (χ1v) is 11.1. The number of fused-ring (bicyclic) bond motifs is 1. The number of aryl methyl sites for hydroxylation is 1. The molecular weight excluding hydrogens is 428 g/mol. The van der Waals surface area contributed by atoms with Gasteiger partial charge in [-0.25, -0.2) is 28.5 Å². The lowest BCUT2D eigenvalue weighted by molar-refractivity contribution is -0.0275. The second kappa shape index (κ2) is 7.86. The molecule has 1 atom stereocenters. The number of sulfonamides is 1. The highest BCUT2D eigenvalue weighted by Gasteiger charge is 2.26. The number of hydrogen-bond acceptors (Lipinski definition) is 9. The van der Waals surface area contributed by atoms with Crippen LogP contribution in [0.2, 0.25) is 0 Å². The molecule has 3 aromatic rings. The van der Waals surface area contributed by atoms with Crippen molar-refractivity contribution in [1.82, 2.24) is 19.5 Å². The van der Waals surface area contributed by atoms with Crippen LogP contribution < -0.4 is 10.9 Å². The molecule has 10 nitrogen and oxygen atoms in total. The van der Waals surface area contributed by atoms with Crippen molar-refractivity contribution in [2.45, 2.75) is 18.0 Å². The molecule has 2 aromatic heterocycles. The Bertz CT molecular complexity index is 1300. The average molecular weight is 444 g/mol. The maximum Gasteiger partial charge on any atom is 0.269 e. The fraction of sp³-hybridized carbons (Fsp3) is 0.167. The van der Waals surface area contributed by atoms with Crippen LogP contribution in [0.15, 0.2) is 47.1 Å². The number of ether oxygens (including phenoxy) is 2. The van der Waals surface area contributed by atoms with E-state index in [0.717, 1.165) is 11.8 Å². The number of hydrogen-bond donors (Lipinski definition) is 2. The molecule has 0 saturated carbocycles. The Hall–Kier alpha value is -3.27. The topological polar surface area (TPSA) is 148 Å². The zero-order chi connectivity index (χ0) is 21.3. The van der Waals surface area contributed by atoms with Gasteiger partial charge in [-0.05, 0) is 17.8 Å². The molecule has 3 heterocycles. The van der Waals surface area contributed by atoms with E-state index in [1.54, 1.807) is 10.6 Å². The van der Waals surface area contributed by atoms with Crippen molar-refractivity contribution >= 4 is 38.8 Å². The van der Waals surface area contributed by atoms with Gasteiger partial charge in [-0.15, -0.1) is 6.42 Å². The third-order valence-electron chi connectivity index (χ3n) is 4.20. The van der Waals surface area contributed by atoms with Gasteiger partial charge in [0.15, 0.2) is 22.1 Å². The fourth-order valence-electron chi connectivity index (χ4n) is 2.82. The summed E-state index contributed by atoms with van der Waals surface area (Å²) in [6.07, 6.45) is 7.57. The molecule has 1 unspecified atom stereocenters. The van der Waals surface area contributed by atoms with Crippen molar-refractivity contribution < 1.29 is 17.9 Å². The summed E-state index contributed by atoms with van der Waals surface area (Å²) in [6.45, 7) is 0.0333. The number of aromatic nitrogens is 4. The van der Waals surface area contributed by atoms with Crippen molar-refractivity contribution in [2.75, 3.05) is 11.5 Å². The minimum absolute atomic E-state index is 0.0333. The number of rotatable bonds is 6. The Kier molecular flexibility index (Phi) is 5.25. The minimum atomic E-state index is -3.70. The summed E-state index contributed by atoms with van der Waals surface area (Å²) in [4.78, 5) is 12.5. The number of nitrogens with zero attached hydrogens (tertiary/aromatic N) is 4. The molecule has 0 bridgehead atoms. The number of anilines is 1. The first-order valence-electron chi connectivity index (χ1n) is 8.58. The van der Waals surface area contributed by atoms with E-state index in [0.29, 0.717) is 32.5 Å². The Morgan fingerprint density at radius 1 is 1.30 bits per heavy atom.